The molecule has 78 valence electrons. The number of halogens is 2. The highest BCUT2D eigenvalue weighted by atomic mass is 19.3. The van der Waals surface area contributed by atoms with Crippen molar-refractivity contribution >= 4 is 0 Å². The van der Waals surface area contributed by atoms with E-state index in [4.69, 9.17) is 5.11 Å². The minimum absolute atomic E-state index is 0.0654. The largest absolute Gasteiger partial charge is 0.396 e. The molecule has 14 heavy (non-hydrogen) atoms. The Kier molecular flexibility index (Phi) is 4.01. The van der Waals surface area contributed by atoms with Crippen LogP contribution in [0.4, 0.5) is 8.78 Å². The molecule has 1 rings (SSSR count). The Hall–Kier alpha value is -0.960. The number of hydrogen-bond acceptors (Lipinski definition) is 1. The minimum Gasteiger partial charge on any atom is -0.396 e. The van der Waals surface area contributed by atoms with Crippen molar-refractivity contribution in [2.24, 2.45) is 0 Å². The molecule has 1 aromatic rings. The van der Waals surface area contributed by atoms with E-state index in [0.717, 1.165) is 5.56 Å². The lowest BCUT2D eigenvalue weighted by molar-refractivity contribution is 0.149. The molecule has 0 saturated heterocycles. The van der Waals surface area contributed by atoms with Gasteiger partial charge in [-0.25, -0.2) is 8.78 Å². The van der Waals surface area contributed by atoms with Crippen LogP contribution in [0.5, 0.6) is 0 Å². The molecular weight excluding hydrogens is 186 g/mol. The van der Waals surface area contributed by atoms with Gasteiger partial charge >= 0.3 is 0 Å². The average molecular weight is 200 g/mol. The molecule has 0 saturated carbocycles. The smallest absolute Gasteiger partial charge is 0.242 e. The number of aliphatic hydroxyl groups is 1. The van der Waals surface area contributed by atoms with Crippen molar-refractivity contribution in [3.63, 3.8) is 0 Å². The highest BCUT2D eigenvalue weighted by molar-refractivity contribution is 5.25. The Morgan fingerprint density at radius 1 is 1.21 bits per heavy atom. The van der Waals surface area contributed by atoms with Crippen molar-refractivity contribution < 1.29 is 13.9 Å². The Morgan fingerprint density at radius 2 is 1.79 bits per heavy atom. The van der Waals surface area contributed by atoms with E-state index < -0.39 is 6.43 Å². The van der Waals surface area contributed by atoms with Gasteiger partial charge in [-0.1, -0.05) is 31.2 Å². The van der Waals surface area contributed by atoms with E-state index in [9.17, 15) is 8.78 Å². The van der Waals surface area contributed by atoms with Gasteiger partial charge in [0.15, 0.2) is 0 Å². The topological polar surface area (TPSA) is 20.2 Å². The van der Waals surface area contributed by atoms with Crippen molar-refractivity contribution in [3.05, 3.63) is 35.4 Å². The summed E-state index contributed by atoms with van der Waals surface area (Å²) < 4.78 is 24.0. The standard InChI is InChI=1S/C11H14F2O/c1-8(7-14)10-4-2-9(3-5-10)6-11(12)13/h2-5,8,11,14H,6-7H2,1H3. The van der Waals surface area contributed by atoms with Crippen molar-refractivity contribution in [1.82, 2.24) is 0 Å². The molecule has 0 bridgehead atoms. The summed E-state index contributed by atoms with van der Waals surface area (Å²) in [7, 11) is 0. The fourth-order valence-electron chi connectivity index (χ4n) is 1.27. The van der Waals surface area contributed by atoms with Gasteiger partial charge in [0.25, 0.3) is 0 Å². The lowest BCUT2D eigenvalue weighted by Crippen LogP contribution is -2.00. The van der Waals surface area contributed by atoms with Crippen LogP contribution in [0.2, 0.25) is 0 Å². The van der Waals surface area contributed by atoms with Gasteiger partial charge in [-0.2, -0.15) is 0 Å². The molecule has 1 nitrogen and oxygen atoms in total. The van der Waals surface area contributed by atoms with Crippen LogP contribution in [0.15, 0.2) is 24.3 Å². The summed E-state index contributed by atoms with van der Waals surface area (Å²) in [5.74, 6) is 0.0654. The summed E-state index contributed by atoms with van der Waals surface area (Å²) in [4.78, 5) is 0. The van der Waals surface area contributed by atoms with Crippen LogP contribution >= 0.6 is 0 Å². The number of hydrogen-bond donors (Lipinski definition) is 1. The van der Waals surface area contributed by atoms with E-state index >= 15 is 0 Å². The second-order valence-electron chi connectivity index (χ2n) is 3.42. The second kappa shape index (κ2) is 5.05. The molecule has 1 aromatic carbocycles. The van der Waals surface area contributed by atoms with Crippen molar-refractivity contribution in [1.29, 1.82) is 0 Å². The SMILES string of the molecule is CC(CO)c1ccc(CC(F)F)cc1. The lowest BCUT2D eigenvalue weighted by atomic mass is 10.00. The van der Waals surface area contributed by atoms with Crippen LogP contribution in [-0.2, 0) is 6.42 Å². The first-order valence-corrected chi connectivity index (χ1v) is 4.61. The predicted molar refractivity (Wildman–Crippen MR) is 51.7 cm³/mol. The van der Waals surface area contributed by atoms with Crippen LogP contribution in [0.3, 0.4) is 0 Å². The van der Waals surface area contributed by atoms with Gasteiger partial charge in [-0.15, -0.1) is 0 Å². The van der Waals surface area contributed by atoms with Gasteiger partial charge in [-0.3, -0.25) is 0 Å². The lowest BCUT2D eigenvalue weighted by Gasteiger charge is -2.08. The summed E-state index contributed by atoms with van der Waals surface area (Å²) >= 11 is 0. The third-order valence-corrected chi connectivity index (χ3v) is 2.21. The van der Waals surface area contributed by atoms with Crippen LogP contribution in [0.25, 0.3) is 0 Å². The van der Waals surface area contributed by atoms with E-state index in [1.807, 2.05) is 6.92 Å². The zero-order chi connectivity index (χ0) is 10.6. The molecule has 0 amide bonds. The van der Waals surface area contributed by atoms with Crippen LogP contribution < -0.4 is 0 Å². The predicted octanol–water partition coefficient (Wildman–Crippen LogP) is 2.59. The van der Waals surface area contributed by atoms with Gasteiger partial charge in [0, 0.05) is 18.9 Å². The van der Waals surface area contributed by atoms with Gasteiger partial charge in [0.2, 0.25) is 6.43 Å². The highest BCUT2D eigenvalue weighted by Crippen LogP contribution is 2.16. The van der Waals surface area contributed by atoms with Crippen LogP contribution in [0.1, 0.15) is 24.0 Å². The number of aliphatic hydroxyl groups excluding tert-OH is 1. The molecule has 0 aliphatic carbocycles. The molecule has 0 aliphatic heterocycles. The molecule has 1 N–H and O–H groups in total. The molecule has 0 aromatic heterocycles. The number of alkyl halides is 2. The van der Waals surface area contributed by atoms with Crippen molar-refractivity contribution in [2.45, 2.75) is 25.7 Å². The number of benzene rings is 1. The summed E-state index contributed by atoms with van der Waals surface area (Å²) in [6, 6.07) is 6.96. The molecular formula is C11H14F2O. The molecule has 3 heteroatoms. The fourth-order valence-corrected chi connectivity index (χ4v) is 1.27. The number of rotatable bonds is 4. The average Bonchev–Trinajstić information content (AvgIpc) is 2.17. The molecule has 0 spiro atoms. The van der Waals surface area contributed by atoms with E-state index in [2.05, 4.69) is 0 Å². The van der Waals surface area contributed by atoms with Gasteiger partial charge < -0.3 is 5.11 Å². The van der Waals surface area contributed by atoms with E-state index in [0.29, 0.717) is 5.56 Å². The highest BCUT2D eigenvalue weighted by Gasteiger charge is 2.06. The van der Waals surface area contributed by atoms with E-state index in [1.54, 1.807) is 24.3 Å². The summed E-state index contributed by atoms with van der Waals surface area (Å²) in [6.07, 6.45) is -2.50. The van der Waals surface area contributed by atoms with E-state index in [1.165, 1.54) is 0 Å². The molecule has 0 radical (unpaired) electrons. The Bertz CT molecular complexity index is 269. The molecule has 0 aliphatic rings. The van der Waals surface area contributed by atoms with Gasteiger partial charge in [0.05, 0.1) is 0 Å². The van der Waals surface area contributed by atoms with Crippen LogP contribution in [-0.4, -0.2) is 18.1 Å². The first-order valence-electron chi connectivity index (χ1n) is 4.61. The zero-order valence-electron chi connectivity index (χ0n) is 8.08. The van der Waals surface area contributed by atoms with Gasteiger partial charge in [0.1, 0.15) is 0 Å². The second-order valence-corrected chi connectivity index (χ2v) is 3.42. The maximum atomic E-state index is 12.0. The van der Waals surface area contributed by atoms with E-state index in [-0.39, 0.29) is 18.9 Å². The first kappa shape index (κ1) is 11.1. The molecule has 1 unspecified atom stereocenters. The van der Waals surface area contributed by atoms with Gasteiger partial charge in [-0.05, 0) is 11.1 Å². The Morgan fingerprint density at radius 3 is 2.21 bits per heavy atom. The quantitative estimate of drug-likeness (QED) is 0.792. The Balaban J connectivity index is 2.68. The maximum Gasteiger partial charge on any atom is 0.242 e. The summed E-state index contributed by atoms with van der Waals surface area (Å²) in [5.41, 5.74) is 1.61. The molecule has 0 fully saturated rings. The Labute approximate surface area is 82.4 Å². The normalized spacial score (nSPS) is 13.2. The third kappa shape index (κ3) is 3.07. The maximum absolute atomic E-state index is 12.0. The molecule has 1 atom stereocenters. The van der Waals surface area contributed by atoms with Crippen molar-refractivity contribution in [2.75, 3.05) is 6.61 Å². The zero-order valence-corrected chi connectivity index (χ0v) is 8.08. The van der Waals surface area contributed by atoms with Crippen molar-refractivity contribution in [3.8, 4) is 0 Å². The van der Waals surface area contributed by atoms with Crippen LogP contribution in [0, 0.1) is 0 Å². The first-order chi connectivity index (χ1) is 6.63. The fraction of sp³-hybridized carbons (Fsp3) is 0.455. The summed E-state index contributed by atoms with van der Waals surface area (Å²) in [6.45, 7) is 1.97. The monoisotopic (exact) mass is 200 g/mol. The molecule has 0 heterocycles. The third-order valence-electron chi connectivity index (χ3n) is 2.21. The summed E-state index contributed by atoms with van der Waals surface area (Å²) in [5, 5.41) is 8.88. The minimum atomic E-state index is -2.30.